The zero-order chi connectivity index (χ0) is 21.1. The van der Waals surface area contributed by atoms with E-state index in [-0.39, 0.29) is 24.5 Å². The maximum atomic E-state index is 16.7. The van der Waals surface area contributed by atoms with Crippen molar-refractivity contribution in [3.05, 3.63) is 11.6 Å². The molecule has 0 saturated heterocycles. The van der Waals surface area contributed by atoms with Gasteiger partial charge in [-0.2, -0.15) is 0 Å². The van der Waals surface area contributed by atoms with Crippen LogP contribution in [0.25, 0.3) is 0 Å². The summed E-state index contributed by atoms with van der Waals surface area (Å²) in [4.78, 5) is 24.3. The van der Waals surface area contributed by atoms with Gasteiger partial charge in [-0.1, -0.05) is 39.7 Å². The molecule has 2 fully saturated rings. The third-order valence-electron chi connectivity index (χ3n) is 8.51. The fourth-order valence-electron chi connectivity index (χ4n) is 6.50. The Labute approximate surface area is 172 Å². The molecule has 3 aliphatic carbocycles. The van der Waals surface area contributed by atoms with Gasteiger partial charge in [0.2, 0.25) is 5.12 Å². The van der Waals surface area contributed by atoms with Gasteiger partial charge in [0, 0.05) is 17.3 Å². The number of aliphatic hydroxyl groups is 2. The molecule has 2 saturated carbocycles. The summed E-state index contributed by atoms with van der Waals surface area (Å²) in [5.74, 6) is -0.819. The molecule has 3 aliphatic rings. The number of rotatable bonds is 4. The van der Waals surface area contributed by atoms with Crippen LogP contribution < -0.4 is 0 Å². The molecule has 0 amide bonds. The minimum atomic E-state index is -1.87. The van der Waals surface area contributed by atoms with E-state index in [1.54, 1.807) is 19.9 Å². The molecule has 4 nitrogen and oxygen atoms in total. The topological polar surface area (TPSA) is 74.6 Å². The van der Waals surface area contributed by atoms with Gasteiger partial charge in [-0.15, -0.1) is 12.6 Å². The van der Waals surface area contributed by atoms with Crippen molar-refractivity contribution >= 4 is 23.5 Å². The predicted octanol–water partition coefficient (Wildman–Crippen LogP) is 3.79. The van der Waals surface area contributed by atoms with Crippen molar-refractivity contribution in [1.82, 2.24) is 0 Å². The second kappa shape index (κ2) is 6.92. The van der Waals surface area contributed by atoms with Crippen molar-refractivity contribution in [2.24, 2.45) is 22.7 Å². The van der Waals surface area contributed by atoms with E-state index in [0.717, 1.165) is 5.57 Å². The zero-order valence-corrected chi connectivity index (χ0v) is 18.2. The number of thiol groups is 1. The van der Waals surface area contributed by atoms with Gasteiger partial charge in [0.1, 0.15) is 11.3 Å². The molecular formula is C22H33FO4S. The van der Waals surface area contributed by atoms with Crippen LogP contribution in [0.15, 0.2) is 11.6 Å². The summed E-state index contributed by atoms with van der Waals surface area (Å²) in [5, 5.41) is 22.0. The molecule has 2 N–H and O–H groups in total. The second-order valence-electron chi connectivity index (χ2n) is 9.84. The summed E-state index contributed by atoms with van der Waals surface area (Å²) in [5.41, 5.74) is -4.65. The summed E-state index contributed by atoms with van der Waals surface area (Å²) in [7, 11) is 0. The van der Waals surface area contributed by atoms with Crippen LogP contribution in [0.2, 0.25) is 0 Å². The predicted molar refractivity (Wildman–Crippen MR) is 109 cm³/mol. The Kier molecular flexibility index (Phi) is 5.43. The molecule has 0 aliphatic heterocycles. The van der Waals surface area contributed by atoms with Crippen molar-refractivity contribution in [2.45, 2.75) is 90.0 Å². The third kappa shape index (κ3) is 2.70. The van der Waals surface area contributed by atoms with Crippen molar-refractivity contribution in [1.29, 1.82) is 0 Å². The van der Waals surface area contributed by atoms with Crippen LogP contribution in [-0.2, 0) is 9.59 Å². The lowest BCUT2D eigenvalue weighted by Gasteiger charge is -2.62. The van der Waals surface area contributed by atoms with Crippen LogP contribution in [0.4, 0.5) is 4.39 Å². The fraction of sp³-hybridized carbons (Fsp3) is 0.818. The van der Waals surface area contributed by atoms with Crippen LogP contribution in [0.1, 0.15) is 72.6 Å². The van der Waals surface area contributed by atoms with Crippen molar-refractivity contribution < 1.29 is 24.2 Å². The maximum Gasteiger partial charge on any atom is 0.218 e. The first-order valence-electron chi connectivity index (χ1n) is 10.4. The first-order valence-corrected chi connectivity index (χ1v) is 10.9. The van der Waals surface area contributed by atoms with E-state index in [9.17, 15) is 19.8 Å². The normalized spacial score (nSPS) is 44.0. The van der Waals surface area contributed by atoms with Gasteiger partial charge in [-0.3, -0.25) is 9.59 Å². The number of alkyl halides is 1. The number of carbonyl (C=O) groups is 2. The number of aliphatic hydroxyl groups excluding tert-OH is 1. The first-order chi connectivity index (χ1) is 12.9. The molecule has 0 aromatic heterocycles. The molecule has 158 valence electrons. The summed E-state index contributed by atoms with van der Waals surface area (Å²) >= 11 is 3.99. The summed E-state index contributed by atoms with van der Waals surface area (Å²) in [6, 6.07) is 0. The van der Waals surface area contributed by atoms with E-state index in [0.29, 0.717) is 32.1 Å². The minimum Gasteiger partial charge on any atom is -0.390 e. The molecule has 0 spiro atoms. The van der Waals surface area contributed by atoms with E-state index in [1.807, 2.05) is 13.8 Å². The number of carbonyl (C=O) groups excluding carboxylic acids is 2. The number of allylic oxidation sites excluding steroid dienone is 2. The molecule has 0 radical (unpaired) electrons. The first kappa shape index (κ1) is 22.0. The highest BCUT2D eigenvalue weighted by Crippen LogP contribution is 2.65. The van der Waals surface area contributed by atoms with E-state index in [1.165, 1.54) is 0 Å². The molecule has 0 heterocycles. The highest BCUT2D eigenvalue weighted by Gasteiger charge is 2.69. The highest BCUT2D eigenvalue weighted by atomic mass is 32.1. The van der Waals surface area contributed by atoms with Gasteiger partial charge >= 0.3 is 0 Å². The third-order valence-corrected chi connectivity index (χ3v) is 8.86. The molecule has 3 unspecified atom stereocenters. The monoisotopic (exact) mass is 412 g/mol. The van der Waals surface area contributed by atoms with E-state index >= 15 is 4.39 Å². The molecular weight excluding hydrogens is 379 g/mol. The lowest BCUT2D eigenvalue weighted by Crippen LogP contribution is -2.68. The van der Waals surface area contributed by atoms with Crippen molar-refractivity contribution in [3.8, 4) is 0 Å². The molecule has 0 aromatic rings. The SMILES string of the molecule is CC[C@@H](C)[C@](O)(C(=O)S)[C@@]1(C)CC(O)[C@@]2(F)C(CCC3=CC(=O)CCC32C)C1. The molecule has 3 rings (SSSR count). The number of hydrogen-bond acceptors (Lipinski definition) is 4. The molecule has 6 heteroatoms. The summed E-state index contributed by atoms with van der Waals surface area (Å²) < 4.78 is 16.7. The number of fused-ring (bicyclic) bond motifs is 3. The van der Waals surface area contributed by atoms with Gasteiger partial charge in [0.05, 0.1) is 6.10 Å². The van der Waals surface area contributed by atoms with Crippen molar-refractivity contribution in [2.75, 3.05) is 0 Å². The van der Waals surface area contributed by atoms with Crippen LogP contribution in [0, 0.1) is 22.7 Å². The Bertz CT molecular complexity index is 723. The Morgan fingerprint density at radius 2 is 2.04 bits per heavy atom. The van der Waals surface area contributed by atoms with Crippen molar-refractivity contribution in [3.63, 3.8) is 0 Å². The average Bonchev–Trinajstić information content (AvgIpc) is 2.63. The van der Waals surface area contributed by atoms with Gasteiger partial charge in [0.15, 0.2) is 5.78 Å². The minimum absolute atomic E-state index is 0.00996. The van der Waals surface area contributed by atoms with Gasteiger partial charge in [0.25, 0.3) is 0 Å². The van der Waals surface area contributed by atoms with Gasteiger partial charge in [-0.25, -0.2) is 4.39 Å². The van der Waals surface area contributed by atoms with Gasteiger partial charge < -0.3 is 10.2 Å². The lowest BCUT2D eigenvalue weighted by molar-refractivity contribution is -0.222. The highest BCUT2D eigenvalue weighted by molar-refractivity contribution is 7.96. The Morgan fingerprint density at radius 1 is 1.39 bits per heavy atom. The van der Waals surface area contributed by atoms with E-state index in [4.69, 9.17) is 0 Å². The second-order valence-corrected chi connectivity index (χ2v) is 10.2. The summed E-state index contributed by atoms with van der Waals surface area (Å²) in [6.07, 6.45) is 2.91. The zero-order valence-electron chi connectivity index (χ0n) is 17.3. The standard InChI is InChI=1S/C22H33FO4S/c1-5-13(2)22(27,18(26)28)19(3)11-15-7-6-14-10-16(24)8-9-20(14,4)21(15,23)17(25)12-19/h10,13,15,17,25,27H,5-9,11-12H2,1-4H3,(H,26,28)/t13-,15?,17?,19-,20?,21+,22+/m1/s1. The average molecular weight is 413 g/mol. The van der Waals surface area contributed by atoms with Crippen LogP contribution in [0.3, 0.4) is 0 Å². The Balaban J connectivity index is 2.04. The Hall–Kier alpha value is -0.720. The lowest BCUT2D eigenvalue weighted by atomic mass is 9.45. The number of halogens is 1. The molecule has 28 heavy (non-hydrogen) atoms. The maximum absolute atomic E-state index is 16.7. The molecule has 7 atom stereocenters. The number of hydrogen-bond donors (Lipinski definition) is 3. The molecule has 0 aromatic carbocycles. The van der Waals surface area contributed by atoms with E-state index in [2.05, 4.69) is 12.6 Å². The largest absolute Gasteiger partial charge is 0.390 e. The molecule has 0 bridgehead atoms. The number of ketones is 1. The van der Waals surface area contributed by atoms with Crippen LogP contribution in [0.5, 0.6) is 0 Å². The Morgan fingerprint density at radius 3 is 2.61 bits per heavy atom. The van der Waals surface area contributed by atoms with Crippen LogP contribution in [-0.4, -0.2) is 38.5 Å². The van der Waals surface area contributed by atoms with E-state index < -0.39 is 39.2 Å². The quantitative estimate of drug-likeness (QED) is 0.614. The fourth-order valence-corrected chi connectivity index (χ4v) is 6.99. The van der Waals surface area contributed by atoms with Crippen LogP contribution >= 0.6 is 12.6 Å². The smallest absolute Gasteiger partial charge is 0.218 e. The summed E-state index contributed by atoms with van der Waals surface area (Å²) in [6.45, 7) is 7.31. The van der Waals surface area contributed by atoms with Gasteiger partial charge in [-0.05, 0) is 50.0 Å².